The van der Waals surface area contributed by atoms with Crippen LogP contribution in [0, 0.1) is 13.8 Å². The van der Waals surface area contributed by atoms with Crippen molar-refractivity contribution in [3.8, 4) is 0 Å². The van der Waals surface area contributed by atoms with Crippen LogP contribution in [0.25, 0.3) is 10.9 Å². The molecule has 0 aliphatic rings. The van der Waals surface area contributed by atoms with Crippen LogP contribution in [0.5, 0.6) is 0 Å². The first-order valence-electron chi connectivity index (χ1n) is 9.15. The maximum Gasteiger partial charge on any atom is 0.257 e. The number of fused-ring (bicyclic) bond motifs is 1. The Bertz CT molecular complexity index is 973. The second-order valence-electron chi connectivity index (χ2n) is 7.26. The summed E-state index contributed by atoms with van der Waals surface area (Å²) >= 11 is 0. The van der Waals surface area contributed by atoms with Gasteiger partial charge < -0.3 is 19.9 Å². The van der Waals surface area contributed by atoms with Gasteiger partial charge in [0, 0.05) is 35.9 Å². The highest BCUT2D eigenvalue weighted by atomic mass is 16.3. The number of hydrogen-bond acceptors (Lipinski definition) is 3. The molecule has 142 valence electrons. The van der Waals surface area contributed by atoms with Crippen LogP contribution in [0.2, 0.25) is 0 Å². The summed E-state index contributed by atoms with van der Waals surface area (Å²) in [7, 11) is 4.08. The largest absolute Gasteiger partial charge is 0.392 e. The number of rotatable bonds is 6. The molecule has 0 spiro atoms. The molecular formula is C22H27N3O2. The lowest BCUT2D eigenvalue weighted by atomic mass is 10.0. The summed E-state index contributed by atoms with van der Waals surface area (Å²) in [5.41, 5.74) is 5.28. The average molecular weight is 365 g/mol. The van der Waals surface area contributed by atoms with Crippen molar-refractivity contribution in [3.05, 3.63) is 64.8 Å². The molecule has 3 aromatic rings. The molecule has 5 heteroatoms. The van der Waals surface area contributed by atoms with Crippen LogP contribution in [0.15, 0.2) is 42.6 Å². The Morgan fingerprint density at radius 1 is 1.15 bits per heavy atom. The van der Waals surface area contributed by atoms with E-state index in [1.807, 2.05) is 70.5 Å². The standard InChI is InChI=1S/C22H27N3O2/c1-15-11-16(2)20(12-17(15)14-26)23-22(27)19-13-25(10-9-24(3)4)21-8-6-5-7-18(19)21/h5-8,11-13,26H,9-10,14H2,1-4H3,(H,23,27). The second-order valence-corrected chi connectivity index (χ2v) is 7.26. The zero-order valence-electron chi connectivity index (χ0n) is 16.4. The lowest BCUT2D eigenvalue weighted by Gasteiger charge is -2.12. The summed E-state index contributed by atoms with van der Waals surface area (Å²) in [6.07, 6.45) is 1.93. The number of aryl methyl sites for hydroxylation is 2. The summed E-state index contributed by atoms with van der Waals surface area (Å²) in [5.74, 6) is -0.134. The molecule has 0 atom stereocenters. The molecule has 0 saturated carbocycles. The average Bonchev–Trinajstić information content (AvgIpc) is 3.01. The first-order valence-corrected chi connectivity index (χ1v) is 9.15. The van der Waals surface area contributed by atoms with Gasteiger partial charge in [0.1, 0.15) is 0 Å². The zero-order chi connectivity index (χ0) is 19.6. The second kappa shape index (κ2) is 7.94. The van der Waals surface area contributed by atoms with Crippen molar-refractivity contribution in [2.45, 2.75) is 27.0 Å². The summed E-state index contributed by atoms with van der Waals surface area (Å²) in [6.45, 7) is 5.60. The summed E-state index contributed by atoms with van der Waals surface area (Å²) in [4.78, 5) is 15.1. The molecule has 0 unspecified atom stereocenters. The maximum absolute atomic E-state index is 13.0. The van der Waals surface area contributed by atoms with Crippen LogP contribution in [-0.4, -0.2) is 41.1 Å². The number of para-hydroxylation sites is 1. The molecule has 3 rings (SSSR count). The van der Waals surface area contributed by atoms with Crippen molar-refractivity contribution in [3.63, 3.8) is 0 Å². The van der Waals surface area contributed by atoms with E-state index in [4.69, 9.17) is 0 Å². The van der Waals surface area contributed by atoms with Gasteiger partial charge in [0.2, 0.25) is 0 Å². The van der Waals surface area contributed by atoms with Crippen LogP contribution >= 0.6 is 0 Å². The maximum atomic E-state index is 13.0. The number of nitrogens with zero attached hydrogens (tertiary/aromatic N) is 2. The van der Waals surface area contributed by atoms with Crippen LogP contribution < -0.4 is 5.32 Å². The van der Waals surface area contributed by atoms with Gasteiger partial charge in [-0.1, -0.05) is 24.3 Å². The molecule has 0 bridgehead atoms. The van der Waals surface area contributed by atoms with E-state index in [9.17, 15) is 9.90 Å². The Morgan fingerprint density at radius 3 is 2.59 bits per heavy atom. The van der Waals surface area contributed by atoms with E-state index in [2.05, 4.69) is 14.8 Å². The molecule has 0 aliphatic heterocycles. The number of aliphatic hydroxyl groups is 1. The Balaban J connectivity index is 1.94. The fourth-order valence-corrected chi connectivity index (χ4v) is 3.31. The number of anilines is 1. The number of likely N-dealkylation sites (N-methyl/N-ethyl adjacent to an activating group) is 1. The number of aromatic nitrogens is 1. The van der Waals surface area contributed by atoms with Gasteiger partial charge in [-0.2, -0.15) is 0 Å². The smallest absolute Gasteiger partial charge is 0.257 e. The van der Waals surface area contributed by atoms with Gasteiger partial charge in [-0.25, -0.2) is 0 Å². The highest BCUT2D eigenvalue weighted by molar-refractivity contribution is 6.13. The number of benzene rings is 2. The number of amides is 1. The van der Waals surface area contributed by atoms with E-state index in [-0.39, 0.29) is 12.5 Å². The zero-order valence-corrected chi connectivity index (χ0v) is 16.4. The van der Waals surface area contributed by atoms with E-state index < -0.39 is 0 Å². The van der Waals surface area contributed by atoms with Gasteiger partial charge in [0.05, 0.1) is 12.2 Å². The molecule has 27 heavy (non-hydrogen) atoms. The minimum atomic E-state index is -0.134. The molecule has 0 aliphatic carbocycles. The van der Waals surface area contributed by atoms with Crippen molar-refractivity contribution in [1.29, 1.82) is 0 Å². The predicted octanol–water partition coefficient (Wildman–Crippen LogP) is 3.56. The van der Waals surface area contributed by atoms with Crippen LogP contribution in [0.1, 0.15) is 27.0 Å². The van der Waals surface area contributed by atoms with Crippen molar-refractivity contribution in [1.82, 2.24) is 9.47 Å². The van der Waals surface area contributed by atoms with Crippen LogP contribution in [-0.2, 0) is 13.2 Å². The summed E-state index contributed by atoms with van der Waals surface area (Å²) in [5, 5.41) is 13.5. The van der Waals surface area contributed by atoms with Crippen molar-refractivity contribution >= 4 is 22.5 Å². The summed E-state index contributed by atoms with van der Waals surface area (Å²) in [6, 6.07) is 11.8. The molecule has 0 fully saturated rings. The molecule has 2 aromatic carbocycles. The van der Waals surface area contributed by atoms with E-state index in [1.54, 1.807) is 0 Å². The van der Waals surface area contributed by atoms with Gasteiger partial charge in [0.15, 0.2) is 0 Å². The minimum Gasteiger partial charge on any atom is -0.392 e. The topological polar surface area (TPSA) is 57.5 Å². The van der Waals surface area contributed by atoms with Gasteiger partial charge in [-0.3, -0.25) is 4.79 Å². The third kappa shape index (κ3) is 4.04. The predicted molar refractivity (Wildman–Crippen MR) is 110 cm³/mol. The third-order valence-corrected chi connectivity index (χ3v) is 4.92. The SMILES string of the molecule is Cc1cc(C)c(NC(=O)c2cn(CCN(C)C)c3ccccc23)cc1CO. The van der Waals surface area contributed by atoms with Gasteiger partial charge >= 0.3 is 0 Å². The van der Waals surface area contributed by atoms with Crippen LogP contribution in [0.3, 0.4) is 0 Å². The number of hydrogen-bond donors (Lipinski definition) is 2. The summed E-state index contributed by atoms with van der Waals surface area (Å²) < 4.78 is 2.13. The fraction of sp³-hybridized carbons (Fsp3) is 0.318. The highest BCUT2D eigenvalue weighted by Crippen LogP contribution is 2.25. The Morgan fingerprint density at radius 2 is 1.89 bits per heavy atom. The van der Waals surface area contributed by atoms with E-state index >= 15 is 0 Å². The molecule has 1 heterocycles. The fourth-order valence-electron chi connectivity index (χ4n) is 3.31. The van der Waals surface area contributed by atoms with Gasteiger partial charge in [-0.15, -0.1) is 0 Å². The molecule has 0 radical (unpaired) electrons. The normalized spacial score (nSPS) is 11.3. The van der Waals surface area contributed by atoms with Gasteiger partial charge in [0.25, 0.3) is 5.91 Å². The first-order chi connectivity index (χ1) is 12.9. The van der Waals surface area contributed by atoms with E-state index in [0.717, 1.165) is 46.4 Å². The van der Waals surface area contributed by atoms with Crippen LogP contribution in [0.4, 0.5) is 5.69 Å². The number of carbonyl (C=O) groups excluding carboxylic acids is 1. The Kier molecular flexibility index (Phi) is 5.63. The van der Waals surface area contributed by atoms with E-state index in [1.165, 1.54) is 0 Å². The number of aliphatic hydroxyl groups excluding tert-OH is 1. The van der Waals surface area contributed by atoms with Crippen molar-refractivity contribution in [2.24, 2.45) is 0 Å². The lowest BCUT2D eigenvalue weighted by Crippen LogP contribution is -2.18. The monoisotopic (exact) mass is 365 g/mol. The minimum absolute atomic E-state index is 0.0428. The molecular weight excluding hydrogens is 338 g/mol. The number of nitrogens with one attached hydrogen (secondary N) is 1. The quantitative estimate of drug-likeness (QED) is 0.702. The van der Waals surface area contributed by atoms with Crippen molar-refractivity contribution in [2.75, 3.05) is 26.0 Å². The Labute approximate surface area is 160 Å². The molecule has 2 N–H and O–H groups in total. The lowest BCUT2D eigenvalue weighted by molar-refractivity contribution is 0.102. The van der Waals surface area contributed by atoms with E-state index in [0.29, 0.717) is 5.56 Å². The van der Waals surface area contributed by atoms with Crippen molar-refractivity contribution < 1.29 is 9.90 Å². The molecule has 1 amide bonds. The first kappa shape index (κ1) is 19.1. The number of carbonyl (C=O) groups is 1. The molecule has 0 saturated heterocycles. The molecule has 1 aromatic heterocycles. The molecule has 5 nitrogen and oxygen atoms in total. The Hall–Kier alpha value is -2.63. The highest BCUT2D eigenvalue weighted by Gasteiger charge is 2.16. The van der Waals surface area contributed by atoms with Gasteiger partial charge in [-0.05, 0) is 56.8 Å². The third-order valence-electron chi connectivity index (χ3n) is 4.92.